The van der Waals surface area contributed by atoms with E-state index in [0.717, 1.165) is 0 Å². The van der Waals surface area contributed by atoms with Gasteiger partial charge in [-0.1, -0.05) is 18.2 Å². The lowest BCUT2D eigenvalue weighted by Gasteiger charge is -1.91. The van der Waals surface area contributed by atoms with Gasteiger partial charge in [0, 0.05) is 6.92 Å². The number of aromatic amines is 1. The van der Waals surface area contributed by atoms with E-state index in [9.17, 15) is 0 Å². The Morgan fingerprint density at radius 1 is 1.15 bits per heavy atom. The van der Waals surface area contributed by atoms with Crippen LogP contribution in [0.2, 0.25) is 0 Å². The highest BCUT2D eigenvalue weighted by Crippen LogP contribution is 1.97. The van der Waals surface area contributed by atoms with E-state index in [2.05, 4.69) is 27.9 Å². The van der Waals surface area contributed by atoms with E-state index in [-0.39, 0.29) is 17.0 Å². The summed E-state index contributed by atoms with van der Waals surface area (Å²) in [5.41, 5.74) is 2.35. The number of aromatic nitrogens is 2. The second-order valence-corrected chi connectivity index (χ2v) is 2.83. The van der Waals surface area contributed by atoms with Crippen LogP contribution in [0.5, 0.6) is 0 Å². The summed E-state index contributed by atoms with van der Waals surface area (Å²) in [5.74, 6) is 0. The first-order valence-corrected chi connectivity index (χ1v) is 3.98. The molecular weight excluding hydrogens is 228 g/mol. The largest absolute Gasteiger partial charge is 1.00 e. The quantitative estimate of drug-likeness (QED) is 0.591. The van der Waals surface area contributed by atoms with Crippen LogP contribution in [-0.2, 0) is 0 Å². The molecule has 13 heavy (non-hydrogen) atoms. The number of halogens is 1. The predicted octanol–water partition coefficient (Wildman–Crippen LogP) is -1.40. The van der Waals surface area contributed by atoms with Gasteiger partial charge in [-0.25, -0.2) is 9.55 Å². The number of hydrogen-bond acceptors (Lipinski definition) is 0. The molecule has 0 aliphatic rings. The Morgan fingerprint density at radius 3 is 2.38 bits per heavy atom. The van der Waals surface area contributed by atoms with Crippen LogP contribution in [0.25, 0.3) is 5.69 Å². The standard InChI is InChI=1S/C10H10N2.BrH/c1-9-7-12(8-11-9)10-5-3-2-4-6-10;/h2-8H,1H3;1H. The maximum atomic E-state index is 3.13. The average Bonchev–Trinajstić information content (AvgIpc) is 2.54. The maximum absolute atomic E-state index is 3.13. The summed E-state index contributed by atoms with van der Waals surface area (Å²) in [7, 11) is 0. The number of benzene rings is 1. The van der Waals surface area contributed by atoms with Crippen LogP contribution in [0.15, 0.2) is 42.9 Å². The van der Waals surface area contributed by atoms with Crippen molar-refractivity contribution in [2.75, 3.05) is 0 Å². The maximum Gasteiger partial charge on any atom is 0.246 e. The van der Waals surface area contributed by atoms with Gasteiger partial charge in [-0.3, -0.25) is 0 Å². The molecule has 1 N–H and O–H groups in total. The highest BCUT2D eigenvalue weighted by atomic mass is 79.9. The van der Waals surface area contributed by atoms with Gasteiger partial charge in [0.05, 0.1) is 0 Å². The first-order valence-electron chi connectivity index (χ1n) is 3.98. The van der Waals surface area contributed by atoms with Crippen molar-refractivity contribution in [3.05, 3.63) is 48.5 Å². The zero-order valence-electron chi connectivity index (χ0n) is 7.37. The first kappa shape index (κ1) is 9.99. The van der Waals surface area contributed by atoms with Gasteiger partial charge < -0.3 is 17.0 Å². The third kappa shape index (κ3) is 2.18. The molecule has 2 aromatic rings. The number of para-hydroxylation sites is 1. The van der Waals surface area contributed by atoms with Crippen molar-refractivity contribution in [3.63, 3.8) is 0 Å². The third-order valence-electron chi connectivity index (χ3n) is 1.82. The van der Waals surface area contributed by atoms with Crippen LogP contribution in [0.3, 0.4) is 0 Å². The van der Waals surface area contributed by atoms with Crippen molar-refractivity contribution < 1.29 is 21.5 Å². The van der Waals surface area contributed by atoms with Crippen LogP contribution in [0.1, 0.15) is 5.69 Å². The van der Waals surface area contributed by atoms with Gasteiger partial charge in [0.25, 0.3) is 0 Å². The highest BCUT2D eigenvalue weighted by Gasteiger charge is 2.01. The molecule has 0 saturated carbocycles. The monoisotopic (exact) mass is 238 g/mol. The van der Waals surface area contributed by atoms with Crippen molar-refractivity contribution >= 4 is 0 Å². The Hall–Kier alpha value is -1.09. The number of nitrogens with zero attached hydrogens (tertiary/aromatic N) is 1. The van der Waals surface area contributed by atoms with Gasteiger partial charge >= 0.3 is 0 Å². The van der Waals surface area contributed by atoms with E-state index in [1.54, 1.807) is 0 Å². The molecule has 1 heterocycles. The lowest BCUT2D eigenvalue weighted by atomic mass is 10.3. The number of aryl methyl sites for hydroxylation is 1. The van der Waals surface area contributed by atoms with Crippen molar-refractivity contribution in [2.24, 2.45) is 0 Å². The Kier molecular flexibility index (Phi) is 3.25. The van der Waals surface area contributed by atoms with E-state index in [1.807, 2.05) is 31.5 Å². The lowest BCUT2D eigenvalue weighted by Crippen LogP contribution is -3.00. The summed E-state index contributed by atoms with van der Waals surface area (Å²) in [6.07, 6.45) is 4.01. The van der Waals surface area contributed by atoms with E-state index in [0.29, 0.717) is 0 Å². The Morgan fingerprint density at radius 2 is 1.85 bits per heavy atom. The van der Waals surface area contributed by atoms with Crippen LogP contribution in [0.4, 0.5) is 0 Å². The van der Waals surface area contributed by atoms with Gasteiger partial charge in [0.2, 0.25) is 6.33 Å². The lowest BCUT2D eigenvalue weighted by molar-refractivity contribution is -0.594. The second kappa shape index (κ2) is 4.23. The van der Waals surface area contributed by atoms with E-state index >= 15 is 0 Å². The summed E-state index contributed by atoms with van der Waals surface area (Å²) in [6, 6.07) is 10.2. The molecule has 0 bridgehead atoms. The van der Waals surface area contributed by atoms with Crippen molar-refractivity contribution in [1.82, 2.24) is 4.98 Å². The second-order valence-electron chi connectivity index (χ2n) is 2.83. The molecule has 1 aromatic carbocycles. The molecule has 0 saturated heterocycles. The predicted molar refractivity (Wildman–Crippen MR) is 47.1 cm³/mol. The average molecular weight is 239 g/mol. The topological polar surface area (TPSA) is 19.7 Å². The molecule has 2 nitrogen and oxygen atoms in total. The molecule has 0 fully saturated rings. The summed E-state index contributed by atoms with van der Waals surface area (Å²) in [4.78, 5) is 3.13. The summed E-state index contributed by atoms with van der Waals surface area (Å²) >= 11 is 0. The Bertz CT molecular complexity index is 367. The first-order chi connectivity index (χ1) is 5.86. The molecule has 1 aromatic heterocycles. The van der Waals surface area contributed by atoms with Crippen molar-refractivity contribution in [3.8, 4) is 5.69 Å². The minimum atomic E-state index is 0. The van der Waals surface area contributed by atoms with E-state index < -0.39 is 0 Å². The molecule has 0 atom stereocenters. The highest BCUT2D eigenvalue weighted by molar-refractivity contribution is 5.21. The third-order valence-corrected chi connectivity index (χ3v) is 1.82. The number of nitrogens with one attached hydrogen (secondary N) is 1. The molecule has 3 heteroatoms. The number of H-pyrrole nitrogens is 1. The zero-order valence-corrected chi connectivity index (χ0v) is 8.95. The van der Waals surface area contributed by atoms with Crippen LogP contribution in [-0.4, -0.2) is 4.98 Å². The molecule has 0 spiro atoms. The summed E-state index contributed by atoms with van der Waals surface area (Å²) in [5, 5.41) is 0. The molecule has 2 rings (SSSR count). The van der Waals surface area contributed by atoms with E-state index in [1.165, 1.54) is 11.4 Å². The summed E-state index contributed by atoms with van der Waals surface area (Å²) in [6.45, 7) is 2.04. The molecule has 0 radical (unpaired) electrons. The molecule has 0 aliphatic heterocycles. The fourth-order valence-corrected chi connectivity index (χ4v) is 1.20. The SMILES string of the molecule is Cc1c[n+](-c2ccccc2)c[nH]1.[Br-]. The minimum absolute atomic E-state index is 0. The van der Waals surface area contributed by atoms with Gasteiger partial charge in [0.15, 0.2) is 0 Å². The number of rotatable bonds is 1. The molecule has 0 unspecified atom stereocenters. The Labute approximate surface area is 88.0 Å². The molecule has 68 valence electrons. The number of hydrogen-bond donors (Lipinski definition) is 1. The molecule has 0 amide bonds. The Balaban J connectivity index is 0.000000845. The smallest absolute Gasteiger partial charge is 0.246 e. The van der Waals surface area contributed by atoms with Gasteiger partial charge in [-0.15, -0.1) is 0 Å². The molecule has 0 aliphatic carbocycles. The zero-order chi connectivity index (χ0) is 8.39. The molecular formula is C10H11BrN2. The fraction of sp³-hybridized carbons (Fsp3) is 0.100. The fourth-order valence-electron chi connectivity index (χ4n) is 1.20. The van der Waals surface area contributed by atoms with Crippen molar-refractivity contribution in [2.45, 2.75) is 6.92 Å². The summed E-state index contributed by atoms with van der Waals surface area (Å²) < 4.78 is 2.06. The number of imidazole rings is 1. The van der Waals surface area contributed by atoms with Crippen molar-refractivity contribution in [1.29, 1.82) is 0 Å². The van der Waals surface area contributed by atoms with Crippen LogP contribution >= 0.6 is 0 Å². The van der Waals surface area contributed by atoms with Gasteiger partial charge in [-0.2, -0.15) is 0 Å². The minimum Gasteiger partial charge on any atom is -1.00 e. The van der Waals surface area contributed by atoms with Gasteiger partial charge in [-0.05, 0) is 12.1 Å². The van der Waals surface area contributed by atoms with Gasteiger partial charge in [0.1, 0.15) is 17.6 Å². The van der Waals surface area contributed by atoms with E-state index in [4.69, 9.17) is 0 Å². The van der Waals surface area contributed by atoms with Crippen LogP contribution in [0, 0.1) is 6.92 Å². The normalized spacial score (nSPS) is 9.31. The van der Waals surface area contributed by atoms with Crippen LogP contribution < -0.4 is 21.5 Å².